The molecule has 1 aliphatic heterocycles. The maximum absolute atomic E-state index is 12.8. The topological polar surface area (TPSA) is 82.6 Å². The van der Waals surface area contributed by atoms with Crippen LogP contribution in [0.2, 0.25) is 5.15 Å². The molecule has 3 rings (SSSR count). The van der Waals surface area contributed by atoms with Crippen LogP contribution in [-0.2, 0) is 14.8 Å². The molecule has 0 atom stereocenters. The lowest BCUT2D eigenvalue weighted by atomic mass is 9.97. The summed E-state index contributed by atoms with van der Waals surface area (Å²) in [7, 11) is -3.72. The zero-order valence-electron chi connectivity index (χ0n) is 17.2. The second-order valence-corrected chi connectivity index (χ2v) is 9.44. The number of carbonyl (C=O) groups excluding carboxylic acids is 1. The van der Waals surface area contributed by atoms with Gasteiger partial charge in [-0.3, -0.25) is 4.79 Å². The molecule has 1 N–H and O–H groups in total. The lowest BCUT2D eigenvalue weighted by Gasteiger charge is -2.30. The van der Waals surface area contributed by atoms with Gasteiger partial charge in [0.2, 0.25) is 15.9 Å². The van der Waals surface area contributed by atoms with Crippen molar-refractivity contribution in [2.45, 2.75) is 31.6 Å². The van der Waals surface area contributed by atoms with Gasteiger partial charge in [0, 0.05) is 49.7 Å². The first kappa shape index (κ1) is 22.5. The average Bonchev–Trinajstić information content (AvgIpc) is 2.76. The van der Waals surface area contributed by atoms with Gasteiger partial charge in [-0.1, -0.05) is 11.6 Å². The van der Waals surface area contributed by atoms with Crippen LogP contribution in [-0.4, -0.2) is 49.8 Å². The van der Waals surface area contributed by atoms with Crippen molar-refractivity contribution in [2.75, 3.05) is 36.4 Å². The Labute approximate surface area is 183 Å². The molecule has 9 heteroatoms. The van der Waals surface area contributed by atoms with Crippen molar-refractivity contribution in [3.05, 3.63) is 47.7 Å². The second-order valence-electron chi connectivity index (χ2n) is 7.18. The van der Waals surface area contributed by atoms with Crippen LogP contribution in [0.5, 0.6) is 0 Å². The molecule has 0 spiro atoms. The standard InChI is InChI=1S/C21H27ClN4O3S/c1-3-25(4-2)18-9-7-17(8-10-18)24-21(27)16-11-14-26(15-12-16)30(28,29)19-6-5-13-23-20(19)22/h5-10,13,16H,3-4,11-12,14-15H2,1-2H3,(H,24,27). The molecule has 30 heavy (non-hydrogen) atoms. The highest BCUT2D eigenvalue weighted by molar-refractivity contribution is 7.89. The number of rotatable bonds is 7. The van der Waals surface area contributed by atoms with Crippen molar-refractivity contribution in [2.24, 2.45) is 5.92 Å². The van der Waals surface area contributed by atoms with Gasteiger partial charge in [-0.2, -0.15) is 4.31 Å². The van der Waals surface area contributed by atoms with Crippen molar-refractivity contribution in [1.82, 2.24) is 9.29 Å². The van der Waals surface area contributed by atoms with Crippen molar-refractivity contribution < 1.29 is 13.2 Å². The summed E-state index contributed by atoms with van der Waals surface area (Å²) in [5, 5.41) is 2.92. The van der Waals surface area contributed by atoms with Crippen LogP contribution in [0.15, 0.2) is 47.5 Å². The number of piperidine rings is 1. The summed E-state index contributed by atoms with van der Waals surface area (Å²) in [5.41, 5.74) is 1.86. The van der Waals surface area contributed by atoms with Gasteiger partial charge in [-0.15, -0.1) is 0 Å². The zero-order valence-corrected chi connectivity index (χ0v) is 18.8. The minimum absolute atomic E-state index is 0.00265. The Kier molecular flexibility index (Phi) is 7.33. The fraction of sp³-hybridized carbons (Fsp3) is 0.429. The Morgan fingerprint density at radius 1 is 1.17 bits per heavy atom. The maximum atomic E-state index is 12.8. The van der Waals surface area contributed by atoms with Gasteiger partial charge in [-0.25, -0.2) is 13.4 Å². The van der Waals surface area contributed by atoms with E-state index in [1.165, 1.54) is 16.6 Å². The number of pyridine rings is 1. The summed E-state index contributed by atoms with van der Waals surface area (Å²) in [5.74, 6) is -0.315. The molecule has 2 heterocycles. The lowest BCUT2D eigenvalue weighted by molar-refractivity contribution is -0.120. The number of anilines is 2. The quantitative estimate of drug-likeness (QED) is 0.651. The third-order valence-electron chi connectivity index (χ3n) is 5.43. The van der Waals surface area contributed by atoms with Gasteiger partial charge >= 0.3 is 0 Å². The van der Waals surface area contributed by atoms with Crippen molar-refractivity contribution >= 4 is 38.9 Å². The molecule has 1 fully saturated rings. The van der Waals surface area contributed by atoms with Crippen molar-refractivity contribution in [3.63, 3.8) is 0 Å². The van der Waals surface area contributed by atoms with E-state index in [1.807, 2.05) is 24.3 Å². The van der Waals surface area contributed by atoms with Crippen LogP contribution < -0.4 is 10.2 Å². The Bertz CT molecular complexity index is 970. The Morgan fingerprint density at radius 3 is 2.37 bits per heavy atom. The number of hydrogen-bond acceptors (Lipinski definition) is 5. The molecule has 0 aliphatic carbocycles. The minimum atomic E-state index is -3.72. The van der Waals surface area contributed by atoms with Crippen molar-refractivity contribution in [1.29, 1.82) is 0 Å². The highest BCUT2D eigenvalue weighted by Crippen LogP contribution is 2.28. The fourth-order valence-electron chi connectivity index (χ4n) is 3.65. The molecule has 1 aromatic heterocycles. The SMILES string of the molecule is CCN(CC)c1ccc(NC(=O)C2CCN(S(=O)(=O)c3cccnc3Cl)CC2)cc1. The van der Waals surface area contributed by atoms with Crippen LogP contribution in [0.1, 0.15) is 26.7 Å². The first-order valence-electron chi connectivity index (χ1n) is 10.1. The van der Waals surface area contributed by atoms with Crippen LogP contribution in [0, 0.1) is 5.92 Å². The van der Waals surface area contributed by atoms with Crippen LogP contribution in [0.4, 0.5) is 11.4 Å². The van der Waals surface area contributed by atoms with Crippen molar-refractivity contribution in [3.8, 4) is 0 Å². The molecule has 0 radical (unpaired) electrons. The maximum Gasteiger partial charge on any atom is 0.246 e. The van der Waals surface area contributed by atoms with E-state index in [9.17, 15) is 13.2 Å². The molecule has 2 aromatic rings. The third kappa shape index (κ3) is 4.94. The molecular weight excluding hydrogens is 424 g/mol. The van der Waals surface area contributed by atoms with E-state index in [2.05, 4.69) is 29.0 Å². The molecule has 162 valence electrons. The summed E-state index contributed by atoms with van der Waals surface area (Å²) in [6, 6.07) is 10.8. The fourth-order valence-corrected chi connectivity index (χ4v) is 5.55. The van der Waals surface area contributed by atoms with Gasteiger partial charge in [0.05, 0.1) is 0 Å². The third-order valence-corrected chi connectivity index (χ3v) is 7.77. The van der Waals surface area contributed by atoms with E-state index >= 15 is 0 Å². The molecule has 0 bridgehead atoms. The average molecular weight is 451 g/mol. The number of halogens is 1. The monoisotopic (exact) mass is 450 g/mol. The zero-order chi connectivity index (χ0) is 21.7. The number of aromatic nitrogens is 1. The lowest BCUT2D eigenvalue weighted by Crippen LogP contribution is -2.41. The Hall–Kier alpha value is -2.16. The van der Waals surface area contributed by atoms with E-state index in [4.69, 9.17) is 11.6 Å². The number of carbonyl (C=O) groups is 1. The molecule has 1 aromatic carbocycles. The van der Waals surface area contributed by atoms with Crippen LogP contribution >= 0.6 is 11.6 Å². The highest BCUT2D eigenvalue weighted by Gasteiger charge is 2.33. The van der Waals surface area contributed by atoms with Crippen LogP contribution in [0.3, 0.4) is 0 Å². The summed E-state index contributed by atoms with van der Waals surface area (Å²) in [4.78, 5) is 18.7. The number of hydrogen-bond donors (Lipinski definition) is 1. The highest BCUT2D eigenvalue weighted by atomic mass is 35.5. The van der Waals surface area contributed by atoms with E-state index in [0.717, 1.165) is 24.5 Å². The molecule has 0 unspecified atom stereocenters. The summed E-state index contributed by atoms with van der Waals surface area (Å²) < 4.78 is 27.0. The Balaban J connectivity index is 1.58. The molecule has 7 nitrogen and oxygen atoms in total. The second kappa shape index (κ2) is 9.76. The number of amides is 1. The normalized spacial score (nSPS) is 15.7. The van der Waals surface area contributed by atoms with Gasteiger partial charge in [-0.05, 0) is 63.1 Å². The molecule has 1 amide bonds. The van der Waals surface area contributed by atoms with Gasteiger partial charge in [0.15, 0.2) is 0 Å². The number of sulfonamides is 1. The van der Waals surface area contributed by atoms with Gasteiger partial charge < -0.3 is 10.2 Å². The van der Waals surface area contributed by atoms with Gasteiger partial charge in [0.1, 0.15) is 10.0 Å². The first-order chi connectivity index (χ1) is 14.4. The van der Waals surface area contributed by atoms with E-state index < -0.39 is 10.0 Å². The number of nitrogens with one attached hydrogen (secondary N) is 1. The molecule has 1 saturated heterocycles. The predicted molar refractivity (Wildman–Crippen MR) is 119 cm³/mol. The number of nitrogens with zero attached hydrogens (tertiary/aromatic N) is 3. The van der Waals surface area contributed by atoms with Gasteiger partial charge in [0.25, 0.3) is 0 Å². The predicted octanol–water partition coefficient (Wildman–Crippen LogP) is 3.62. The van der Waals surface area contributed by atoms with E-state index in [-0.39, 0.29) is 35.0 Å². The van der Waals surface area contributed by atoms with E-state index in [1.54, 1.807) is 6.07 Å². The first-order valence-corrected chi connectivity index (χ1v) is 11.9. The summed E-state index contributed by atoms with van der Waals surface area (Å²) in [6.45, 7) is 6.60. The minimum Gasteiger partial charge on any atom is -0.372 e. The molecule has 1 aliphatic rings. The molecule has 0 saturated carbocycles. The summed E-state index contributed by atoms with van der Waals surface area (Å²) in [6.07, 6.45) is 2.37. The Morgan fingerprint density at radius 2 is 1.80 bits per heavy atom. The largest absolute Gasteiger partial charge is 0.372 e. The van der Waals surface area contributed by atoms with E-state index in [0.29, 0.717) is 12.8 Å². The summed E-state index contributed by atoms with van der Waals surface area (Å²) >= 11 is 5.96. The number of benzene rings is 1. The van der Waals surface area contributed by atoms with Crippen LogP contribution in [0.25, 0.3) is 0 Å². The molecular formula is C21H27ClN4O3S. The smallest absolute Gasteiger partial charge is 0.246 e.